The molecule has 1 aromatic heterocycles. The third kappa shape index (κ3) is 2.73. The van der Waals surface area contributed by atoms with E-state index in [0.717, 1.165) is 13.0 Å². The van der Waals surface area contributed by atoms with Crippen LogP contribution in [-0.2, 0) is 0 Å². The molecule has 1 fully saturated rings. The Hall–Kier alpha value is -1.09. The van der Waals surface area contributed by atoms with E-state index in [9.17, 15) is 4.79 Å². The standard InChI is InChI=1S/C12H15ClN2O/c13-6-5-12(3-4-12)9-15-11(16)10-2-1-7-14-8-10/h1-2,7-8H,3-6,9H2,(H,15,16). The maximum atomic E-state index is 11.7. The second-order valence-corrected chi connectivity index (χ2v) is 4.74. The number of carbonyl (C=O) groups excluding carboxylic acids is 1. The second-order valence-electron chi connectivity index (χ2n) is 4.36. The summed E-state index contributed by atoms with van der Waals surface area (Å²) in [7, 11) is 0. The summed E-state index contributed by atoms with van der Waals surface area (Å²) in [6, 6.07) is 3.53. The number of alkyl halides is 1. The number of rotatable bonds is 5. The Labute approximate surface area is 100 Å². The van der Waals surface area contributed by atoms with Crippen molar-refractivity contribution in [3.05, 3.63) is 30.1 Å². The molecule has 1 N–H and O–H groups in total. The Bertz CT molecular complexity index is 363. The van der Waals surface area contributed by atoms with Gasteiger partial charge in [-0.25, -0.2) is 0 Å². The zero-order valence-electron chi connectivity index (χ0n) is 9.08. The Morgan fingerprint density at radius 3 is 2.94 bits per heavy atom. The number of amides is 1. The molecule has 0 aromatic carbocycles. The molecule has 1 amide bonds. The molecule has 0 spiro atoms. The molecule has 16 heavy (non-hydrogen) atoms. The minimum atomic E-state index is -0.0473. The lowest BCUT2D eigenvalue weighted by molar-refractivity contribution is 0.0944. The van der Waals surface area contributed by atoms with E-state index in [2.05, 4.69) is 10.3 Å². The lowest BCUT2D eigenvalue weighted by Gasteiger charge is -2.14. The number of halogens is 1. The monoisotopic (exact) mass is 238 g/mol. The first-order valence-corrected chi connectivity index (χ1v) is 6.03. The molecule has 1 saturated carbocycles. The van der Waals surface area contributed by atoms with Crippen molar-refractivity contribution in [1.29, 1.82) is 0 Å². The fourth-order valence-electron chi connectivity index (χ4n) is 1.76. The van der Waals surface area contributed by atoms with Gasteiger partial charge in [0.2, 0.25) is 0 Å². The lowest BCUT2D eigenvalue weighted by atomic mass is 10.0. The largest absolute Gasteiger partial charge is 0.351 e. The van der Waals surface area contributed by atoms with Crippen LogP contribution in [0.3, 0.4) is 0 Å². The van der Waals surface area contributed by atoms with Gasteiger partial charge in [-0.3, -0.25) is 9.78 Å². The fourth-order valence-corrected chi connectivity index (χ4v) is 2.16. The average Bonchev–Trinajstić information content (AvgIpc) is 3.08. The highest BCUT2D eigenvalue weighted by Gasteiger charge is 2.41. The summed E-state index contributed by atoms with van der Waals surface area (Å²) >= 11 is 5.74. The van der Waals surface area contributed by atoms with Gasteiger partial charge in [0.1, 0.15) is 0 Å². The summed E-state index contributed by atoms with van der Waals surface area (Å²) in [6.45, 7) is 0.730. The number of hydrogen-bond donors (Lipinski definition) is 1. The van der Waals surface area contributed by atoms with E-state index in [4.69, 9.17) is 11.6 Å². The number of nitrogens with one attached hydrogen (secondary N) is 1. The number of pyridine rings is 1. The zero-order valence-corrected chi connectivity index (χ0v) is 9.83. The predicted molar refractivity (Wildman–Crippen MR) is 63.6 cm³/mol. The van der Waals surface area contributed by atoms with Crippen LogP contribution in [0.1, 0.15) is 29.6 Å². The van der Waals surface area contributed by atoms with Gasteiger partial charge in [-0.1, -0.05) is 0 Å². The van der Waals surface area contributed by atoms with Gasteiger partial charge in [0, 0.05) is 24.8 Å². The molecule has 3 nitrogen and oxygen atoms in total. The van der Waals surface area contributed by atoms with Gasteiger partial charge in [-0.15, -0.1) is 11.6 Å². The van der Waals surface area contributed by atoms with Gasteiger partial charge in [-0.2, -0.15) is 0 Å². The van der Waals surface area contributed by atoms with Crippen molar-refractivity contribution < 1.29 is 4.79 Å². The van der Waals surface area contributed by atoms with Gasteiger partial charge >= 0.3 is 0 Å². The van der Waals surface area contributed by atoms with Gasteiger partial charge < -0.3 is 5.32 Å². The van der Waals surface area contributed by atoms with Crippen molar-refractivity contribution in [2.45, 2.75) is 19.3 Å². The van der Waals surface area contributed by atoms with Crippen molar-refractivity contribution in [3.63, 3.8) is 0 Å². The zero-order chi connectivity index (χ0) is 11.4. The fraction of sp³-hybridized carbons (Fsp3) is 0.500. The minimum Gasteiger partial charge on any atom is -0.351 e. The van der Waals surface area contributed by atoms with Crippen LogP contribution in [0, 0.1) is 5.41 Å². The molecule has 0 radical (unpaired) electrons. The van der Waals surface area contributed by atoms with E-state index < -0.39 is 0 Å². The molecule has 4 heteroatoms. The maximum Gasteiger partial charge on any atom is 0.252 e. The van der Waals surface area contributed by atoms with E-state index >= 15 is 0 Å². The molecule has 1 heterocycles. The van der Waals surface area contributed by atoms with Crippen molar-refractivity contribution in [3.8, 4) is 0 Å². The van der Waals surface area contributed by atoms with Crippen LogP contribution in [0.15, 0.2) is 24.5 Å². The normalized spacial score (nSPS) is 16.8. The molecule has 1 aliphatic carbocycles. The molecule has 86 valence electrons. The first-order chi connectivity index (χ1) is 7.76. The molecule has 0 unspecified atom stereocenters. The highest BCUT2D eigenvalue weighted by atomic mass is 35.5. The van der Waals surface area contributed by atoms with E-state index in [1.165, 1.54) is 12.8 Å². The number of carbonyl (C=O) groups is 1. The van der Waals surface area contributed by atoms with Crippen LogP contribution < -0.4 is 5.32 Å². The summed E-state index contributed by atoms with van der Waals surface area (Å²) in [5.74, 6) is 0.622. The SMILES string of the molecule is O=C(NCC1(CCCl)CC1)c1cccnc1. The van der Waals surface area contributed by atoms with Gasteiger partial charge in [0.25, 0.3) is 5.91 Å². The summed E-state index contributed by atoms with van der Waals surface area (Å²) in [5, 5.41) is 2.95. The van der Waals surface area contributed by atoms with Crippen molar-refractivity contribution in [2.75, 3.05) is 12.4 Å². The highest BCUT2D eigenvalue weighted by Crippen LogP contribution is 2.48. The van der Waals surface area contributed by atoms with Gasteiger partial charge in [-0.05, 0) is 36.8 Å². The van der Waals surface area contributed by atoms with Crippen molar-refractivity contribution in [2.24, 2.45) is 5.41 Å². The summed E-state index contributed by atoms with van der Waals surface area (Å²) in [5.41, 5.74) is 0.892. The first-order valence-electron chi connectivity index (χ1n) is 5.50. The van der Waals surface area contributed by atoms with Gasteiger partial charge in [0.15, 0.2) is 0 Å². The summed E-state index contributed by atoms with van der Waals surface area (Å²) in [6.07, 6.45) is 6.57. The first kappa shape index (κ1) is 11.4. The quantitative estimate of drug-likeness (QED) is 0.800. The van der Waals surface area contributed by atoms with E-state index in [1.807, 2.05) is 0 Å². The Balaban J connectivity index is 1.85. The molecule has 1 aliphatic rings. The van der Waals surface area contributed by atoms with Crippen LogP contribution in [0.4, 0.5) is 0 Å². The topological polar surface area (TPSA) is 42.0 Å². The Morgan fingerprint density at radius 2 is 2.38 bits per heavy atom. The van der Waals surface area contributed by atoms with Crippen molar-refractivity contribution >= 4 is 17.5 Å². The average molecular weight is 239 g/mol. The molecule has 2 rings (SSSR count). The third-order valence-electron chi connectivity index (χ3n) is 3.13. The van der Waals surface area contributed by atoms with Crippen LogP contribution in [-0.4, -0.2) is 23.3 Å². The maximum absolute atomic E-state index is 11.7. The van der Waals surface area contributed by atoms with Crippen LogP contribution in [0.25, 0.3) is 0 Å². The van der Waals surface area contributed by atoms with Crippen LogP contribution >= 0.6 is 11.6 Å². The number of hydrogen-bond acceptors (Lipinski definition) is 2. The molecular formula is C12H15ClN2O. The number of nitrogens with zero attached hydrogens (tertiary/aromatic N) is 1. The van der Waals surface area contributed by atoms with Gasteiger partial charge in [0.05, 0.1) is 5.56 Å². The van der Waals surface area contributed by atoms with Crippen LogP contribution in [0.2, 0.25) is 0 Å². The van der Waals surface area contributed by atoms with E-state index in [1.54, 1.807) is 24.5 Å². The van der Waals surface area contributed by atoms with E-state index in [0.29, 0.717) is 11.4 Å². The summed E-state index contributed by atoms with van der Waals surface area (Å²) in [4.78, 5) is 15.7. The smallest absolute Gasteiger partial charge is 0.252 e. The molecule has 1 aromatic rings. The molecule has 0 atom stereocenters. The minimum absolute atomic E-state index is 0.0473. The second kappa shape index (κ2) is 4.83. The summed E-state index contributed by atoms with van der Waals surface area (Å²) < 4.78 is 0. The number of aromatic nitrogens is 1. The molecule has 0 saturated heterocycles. The molecular weight excluding hydrogens is 224 g/mol. The van der Waals surface area contributed by atoms with Crippen molar-refractivity contribution in [1.82, 2.24) is 10.3 Å². The Kier molecular flexibility index (Phi) is 3.44. The lowest BCUT2D eigenvalue weighted by Crippen LogP contribution is -2.30. The van der Waals surface area contributed by atoms with E-state index in [-0.39, 0.29) is 11.3 Å². The highest BCUT2D eigenvalue weighted by molar-refractivity contribution is 6.17. The molecule has 0 bridgehead atoms. The Morgan fingerprint density at radius 1 is 1.56 bits per heavy atom. The van der Waals surface area contributed by atoms with Crippen LogP contribution in [0.5, 0.6) is 0 Å². The third-order valence-corrected chi connectivity index (χ3v) is 3.32. The molecule has 0 aliphatic heterocycles. The predicted octanol–water partition coefficient (Wildman–Crippen LogP) is 2.22.